The Kier molecular flexibility index (Phi) is 3.36. The first-order valence-electron chi connectivity index (χ1n) is 6.59. The molecule has 0 unspecified atom stereocenters. The van der Waals surface area contributed by atoms with E-state index in [1.807, 2.05) is 0 Å². The summed E-state index contributed by atoms with van der Waals surface area (Å²) in [7, 11) is -3.76. The molecule has 0 aromatic heterocycles. The van der Waals surface area contributed by atoms with E-state index in [1.54, 1.807) is 31.2 Å². The minimum absolute atomic E-state index is 0.0586. The van der Waals surface area contributed by atoms with Crippen LogP contribution in [0.25, 0.3) is 0 Å². The van der Waals surface area contributed by atoms with Crippen LogP contribution in [0, 0.1) is 0 Å². The summed E-state index contributed by atoms with van der Waals surface area (Å²) in [4.78, 5) is 26.6. The number of guanidine groups is 1. The van der Waals surface area contributed by atoms with Crippen molar-refractivity contribution in [3.8, 4) is 0 Å². The van der Waals surface area contributed by atoms with Crippen LogP contribution in [0.2, 0.25) is 0 Å². The van der Waals surface area contributed by atoms with Crippen molar-refractivity contribution in [2.24, 2.45) is 4.40 Å². The minimum Gasteiger partial charge on any atom is -0.465 e. The predicted molar refractivity (Wildman–Crippen MR) is 77.8 cm³/mol. The maximum atomic E-state index is 12.4. The SMILES string of the molecule is CCOC(=O)CN1C2=NS(=O)(=O)CN2C(=O)c2ccccc21. The van der Waals surface area contributed by atoms with Crippen LogP contribution in [-0.4, -0.2) is 50.2 Å². The molecule has 2 aliphatic heterocycles. The summed E-state index contributed by atoms with van der Waals surface area (Å²) in [5.74, 6) is -1.56. The Morgan fingerprint density at radius 2 is 2.09 bits per heavy atom. The van der Waals surface area contributed by atoms with Gasteiger partial charge in [0, 0.05) is 0 Å². The number of carbonyl (C=O) groups is 2. The molecule has 0 spiro atoms. The molecule has 0 radical (unpaired) electrons. The number of hydrogen-bond donors (Lipinski definition) is 0. The van der Waals surface area contributed by atoms with Crippen molar-refractivity contribution in [2.75, 3.05) is 23.9 Å². The molecule has 0 N–H and O–H groups in total. The van der Waals surface area contributed by atoms with Gasteiger partial charge < -0.3 is 4.74 Å². The van der Waals surface area contributed by atoms with Gasteiger partial charge in [-0.2, -0.15) is 0 Å². The third-order valence-electron chi connectivity index (χ3n) is 3.26. The number of hydrogen-bond acceptors (Lipinski definition) is 6. The van der Waals surface area contributed by atoms with Gasteiger partial charge in [-0.25, -0.2) is 8.42 Å². The van der Waals surface area contributed by atoms with E-state index < -0.39 is 27.8 Å². The topological polar surface area (TPSA) is 96.3 Å². The maximum absolute atomic E-state index is 12.4. The standard InChI is InChI=1S/C13H13N3O5S/c1-2-21-11(17)7-15-10-6-4-3-5-9(10)12(18)16-8-22(19,20)14-13(15)16/h3-6H,2,7-8H2,1H3. The van der Waals surface area contributed by atoms with Crippen molar-refractivity contribution in [1.82, 2.24) is 4.90 Å². The third kappa shape index (κ3) is 2.33. The first-order chi connectivity index (χ1) is 10.4. The van der Waals surface area contributed by atoms with E-state index in [0.717, 1.165) is 4.90 Å². The van der Waals surface area contributed by atoms with E-state index >= 15 is 0 Å². The van der Waals surface area contributed by atoms with Crippen molar-refractivity contribution < 1.29 is 22.7 Å². The van der Waals surface area contributed by atoms with Crippen LogP contribution in [0.15, 0.2) is 28.7 Å². The van der Waals surface area contributed by atoms with E-state index in [9.17, 15) is 18.0 Å². The third-order valence-corrected chi connectivity index (χ3v) is 4.28. The molecule has 2 aliphatic rings. The summed E-state index contributed by atoms with van der Waals surface area (Å²) in [6.07, 6.45) is 0. The van der Waals surface area contributed by atoms with E-state index in [-0.39, 0.29) is 19.1 Å². The lowest BCUT2D eigenvalue weighted by Gasteiger charge is -2.34. The van der Waals surface area contributed by atoms with Gasteiger partial charge in [0.2, 0.25) is 5.96 Å². The van der Waals surface area contributed by atoms with Gasteiger partial charge in [-0.1, -0.05) is 12.1 Å². The summed E-state index contributed by atoms with van der Waals surface area (Å²) >= 11 is 0. The molecular formula is C13H13N3O5S. The normalized spacial score (nSPS) is 18.6. The fourth-order valence-electron chi connectivity index (χ4n) is 2.40. The van der Waals surface area contributed by atoms with Gasteiger partial charge in [-0.15, -0.1) is 4.40 Å². The second-order valence-corrected chi connectivity index (χ2v) is 6.35. The molecule has 0 fully saturated rings. The van der Waals surface area contributed by atoms with Crippen LogP contribution in [0.4, 0.5) is 5.69 Å². The Labute approximate surface area is 127 Å². The highest BCUT2D eigenvalue weighted by atomic mass is 32.2. The van der Waals surface area contributed by atoms with Gasteiger partial charge in [0.05, 0.1) is 17.9 Å². The number of anilines is 1. The number of para-hydroxylation sites is 1. The summed E-state index contributed by atoms with van der Waals surface area (Å²) in [6, 6.07) is 6.59. The van der Waals surface area contributed by atoms with Gasteiger partial charge >= 0.3 is 5.97 Å². The Morgan fingerprint density at radius 1 is 1.36 bits per heavy atom. The Morgan fingerprint density at radius 3 is 2.82 bits per heavy atom. The Balaban J connectivity index is 2.09. The lowest BCUT2D eigenvalue weighted by molar-refractivity contribution is -0.141. The molecule has 0 bridgehead atoms. The molecule has 22 heavy (non-hydrogen) atoms. The number of ether oxygens (including phenoxy) is 1. The zero-order valence-corrected chi connectivity index (χ0v) is 12.5. The van der Waals surface area contributed by atoms with Crippen LogP contribution in [0.5, 0.6) is 0 Å². The van der Waals surface area contributed by atoms with E-state index in [4.69, 9.17) is 4.74 Å². The van der Waals surface area contributed by atoms with Crippen LogP contribution in [0.3, 0.4) is 0 Å². The van der Waals surface area contributed by atoms with Gasteiger partial charge in [0.1, 0.15) is 6.54 Å². The van der Waals surface area contributed by atoms with Gasteiger partial charge in [0.15, 0.2) is 5.88 Å². The number of carbonyl (C=O) groups excluding carboxylic acids is 2. The second kappa shape index (κ2) is 5.09. The number of sulfonamides is 1. The number of esters is 1. The summed E-state index contributed by atoms with van der Waals surface area (Å²) in [6.45, 7) is 1.67. The fraction of sp³-hybridized carbons (Fsp3) is 0.308. The summed E-state index contributed by atoms with van der Waals surface area (Å²) in [5.41, 5.74) is 0.760. The number of benzene rings is 1. The molecule has 8 nitrogen and oxygen atoms in total. The summed E-state index contributed by atoms with van der Waals surface area (Å²) in [5, 5.41) is 0. The highest BCUT2D eigenvalue weighted by Crippen LogP contribution is 2.31. The second-order valence-electron chi connectivity index (χ2n) is 4.74. The Bertz CT molecular complexity index is 787. The highest BCUT2D eigenvalue weighted by molar-refractivity contribution is 7.90. The predicted octanol–water partition coefficient (Wildman–Crippen LogP) is 0.169. The van der Waals surface area contributed by atoms with E-state index in [1.165, 1.54) is 4.90 Å². The zero-order chi connectivity index (χ0) is 15.9. The number of fused-ring (bicyclic) bond motifs is 2. The average molecular weight is 323 g/mol. The maximum Gasteiger partial charge on any atom is 0.326 e. The van der Waals surface area contributed by atoms with E-state index in [2.05, 4.69) is 4.40 Å². The highest BCUT2D eigenvalue weighted by Gasteiger charge is 2.43. The van der Waals surface area contributed by atoms with Crippen molar-refractivity contribution >= 4 is 33.5 Å². The molecule has 0 saturated carbocycles. The van der Waals surface area contributed by atoms with E-state index in [0.29, 0.717) is 11.3 Å². The molecule has 1 amide bonds. The molecule has 0 atom stereocenters. The van der Waals surface area contributed by atoms with Crippen molar-refractivity contribution in [1.29, 1.82) is 0 Å². The van der Waals surface area contributed by atoms with Crippen LogP contribution >= 0.6 is 0 Å². The van der Waals surface area contributed by atoms with Crippen molar-refractivity contribution in [2.45, 2.75) is 6.92 Å². The van der Waals surface area contributed by atoms with Gasteiger partial charge in [0.25, 0.3) is 15.9 Å². The lowest BCUT2D eigenvalue weighted by atomic mass is 10.1. The van der Waals surface area contributed by atoms with Crippen molar-refractivity contribution in [3.05, 3.63) is 29.8 Å². The van der Waals surface area contributed by atoms with Crippen LogP contribution < -0.4 is 4.90 Å². The molecular weight excluding hydrogens is 310 g/mol. The molecule has 1 aromatic carbocycles. The summed E-state index contributed by atoms with van der Waals surface area (Å²) < 4.78 is 31.9. The first kappa shape index (κ1) is 14.5. The van der Waals surface area contributed by atoms with Crippen LogP contribution in [-0.2, 0) is 19.6 Å². The average Bonchev–Trinajstić information content (AvgIpc) is 2.80. The molecule has 0 aliphatic carbocycles. The molecule has 3 rings (SSSR count). The molecule has 9 heteroatoms. The molecule has 116 valence electrons. The molecule has 1 aromatic rings. The quantitative estimate of drug-likeness (QED) is 0.736. The molecule has 0 saturated heterocycles. The fourth-order valence-corrected chi connectivity index (χ4v) is 3.47. The lowest BCUT2D eigenvalue weighted by Crippen LogP contribution is -2.51. The van der Waals surface area contributed by atoms with Gasteiger partial charge in [-0.05, 0) is 19.1 Å². The first-order valence-corrected chi connectivity index (χ1v) is 8.20. The number of amides is 1. The number of nitrogens with zero attached hydrogens (tertiary/aromatic N) is 3. The van der Waals surface area contributed by atoms with Crippen molar-refractivity contribution in [3.63, 3.8) is 0 Å². The Hall–Kier alpha value is -2.42. The van der Waals surface area contributed by atoms with Gasteiger partial charge in [-0.3, -0.25) is 19.4 Å². The van der Waals surface area contributed by atoms with Crippen LogP contribution in [0.1, 0.15) is 17.3 Å². The minimum atomic E-state index is -3.76. The monoisotopic (exact) mass is 323 g/mol. The number of rotatable bonds is 3. The molecule has 2 heterocycles. The smallest absolute Gasteiger partial charge is 0.326 e. The zero-order valence-electron chi connectivity index (χ0n) is 11.7. The largest absolute Gasteiger partial charge is 0.465 e.